The molecule has 0 bridgehead atoms. The van der Waals surface area contributed by atoms with E-state index in [1.807, 2.05) is 29.6 Å². The van der Waals surface area contributed by atoms with Crippen molar-refractivity contribution in [3.8, 4) is 11.5 Å². The number of unbranched alkanes of at least 4 members (excludes halogenated alkanes) is 1. The molecule has 3 N–H and O–H groups in total. The maximum atomic E-state index is 9.10. The van der Waals surface area contributed by atoms with Crippen LogP contribution in [0.1, 0.15) is 26.7 Å². The van der Waals surface area contributed by atoms with E-state index in [1.54, 1.807) is 6.92 Å². The van der Waals surface area contributed by atoms with Gasteiger partial charge in [0.05, 0.1) is 12.7 Å². The molecule has 4 heteroatoms. The van der Waals surface area contributed by atoms with E-state index in [1.165, 1.54) is 0 Å². The highest BCUT2D eigenvalue weighted by molar-refractivity contribution is 5.31. The summed E-state index contributed by atoms with van der Waals surface area (Å²) in [4.78, 5) is 0. The Labute approximate surface area is 115 Å². The first-order chi connectivity index (χ1) is 9.22. The summed E-state index contributed by atoms with van der Waals surface area (Å²) in [6.07, 6.45) is 1.96. The van der Waals surface area contributed by atoms with E-state index >= 15 is 0 Å². The fourth-order valence-electron chi connectivity index (χ4n) is 1.59. The SMILES string of the molecule is CCCCOc1ccc(OCC[NH2+]C[C@@H](C)O)cc1. The van der Waals surface area contributed by atoms with Gasteiger partial charge in [-0.15, -0.1) is 0 Å². The van der Waals surface area contributed by atoms with E-state index < -0.39 is 0 Å². The van der Waals surface area contributed by atoms with Gasteiger partial charge in [0.2, 0.25) is 0 Å². The minimum Gasteiger partial charge on any atom is -0.494 e. The van der Waals surface area contributed by atoms with Crippen LogP contribution in [-0.4, -0.2) is 37.5 Å². The average molecular weight is 268 g/mol. The summed E-state index contributed by atoms with van der Waals surface area (Å²) in [5, 5.41) is 11.2. The number of hydrogen-bond donors (Lipinski definition) is 2. The quantitative estimate of drug-likeness (QED) is 0.627. The Kier molecular flexibility index (Phi) is 8.02. The molecule has 4 nitrogen and oxygen atoms in total. The van der Waals surface area contributed by atoms with E-state index in [0.717, 1.165) is 37.5 Å². The van der Waals surface area contributed by atoms with Crippen LogP contribution in [0.25, 0.3) is 0 Å². The molecule has 0 unspecified atom stereocenters. The van der Waals surface area contributed by atoms with Gasteiger partial charge in [0.1, 0.15) is 31.2 Å². The Bertz CT molecular complexity index is 325. The van der Waals surface area contributed by atoms with Crippen LogP contribution >= 0.6 is 0 Å². The summed E-state index contributed by atoms with van der Waals surface area (Å²) in [7, 11) is 0. The lowest BCUT2D eigenvalue weighted by molar-refractivity contribution is -0.661. The van der Waals surface area contributed by atoms with Crippen molar-refractivity contribution >= 4 is 0 Å². The molecule has 0 saturated carbocycles. The van der Waals surface area contributed by atoms with Gasteiger partial charge in [-0.1, -0.05) is 13.3 Å². The van der Waals surface area contributed by atoms with Gasteiger partial charge in [0.25, 0.3) is 0 Å². The Hall–Kier alpha value is -1.26. The third kappa shape index (κ3) is 7.70. The second-order valence-corrected chi connectivity index (χ2v) is 4.68. The lowest BCUT2D eigenvalue weighted by Gasteiger charge is -2.08. The van der Waals surface area contributed by atoms with Crippen molar-refractivity contribution in [3.05, 3.63) is 24.3 Å². The molecule has 0 spiro atoms. The minimum absolute atomic E-state index is 0.264. The molecule has 0 aliphatic heterocycles. The Balaban J connectivity index is 2.17. The Morgan fingerprint density at radius 2 is 1.68 bits per heavy atom. The first-order valence-electron chi connectivity index (χ1n) is 7.07. The van der Waals surface area contributed by atoms with E-state index in [2.05, 4.69) is 6.92 Å². The van der Waals surface area contributed by atoms with Crippen LogP contribution in [0.4, 0.5) is 0 Å². The van der Waals surface area contributed by atoms with Crippen molar-refractivity contribution in [2.24, 2.45) is 0 Å². The summed E-state index contributed by atoms with van der Waals surface area (Å²) in [6.45, 7) is 6.91. The third-order valence-electron chi connectivity index (χ3n) is 2.69. The van der Waals surface area contributed by atoms with Crippen LogP contribution in [0.2, 0.25) is 0 Å². The van der Waals surface area contributed by atoms with Crippen LogP contribution in [0.3, 0.4) is 0 Å². The smallest absolute Gasteiger partial charge is 0.137 e. The van der Waals surface area contributed by atoms with Crippen molar-refractivity contribution in [2.45, 2.75) is 32.8 Å². The molecule has 0 heterocycles. The molecule has 1 aromatic rings. The maximum absolute atomic E-state index is 9.10. The van der Waals surface area contributed by atoms with Crippen molar-refractivity contribution in [3.63, 3.8) is 0 Å². The lowest BCUT2D eigenvalue weighted by atomic mass is 10.3. The molecule has 0 aromatic heterocycles. The fourth-order valence-corrected chi connectivity index (χ4v) is 1.59. The van der Waals surface area contributed by atoms with Crippen molar-refractivity contribution in [1.29, 1.82) is 0 Å². The van der Waals surface area contributed by atoms with Crippen molar-refractivity contribution < 1.29 is 19.9 Å². The normalized spacial score (nSPS) is 12.2. The molecule has 19 heavy (non-hydrogen) atoms. The largest absolute Gasteiger partial charge is 0.494 e. The monoisotopic (exact) mass is 268 g/mol. The van der Waals surface area contributed by atoms with Gasteiger partial charge in [-0.2, -0.15) is 0 Å². The molecule has 0 radical (unpaired) electrons. The summed E-state index contributed by atoms with van der Waals surface area (Å²) >= 11 is 0. The highest BCUT2D eigenvalue weighted by Crippen LogP contribution is 2.17. The fraction of sp³-hybridized carbons (Fsp3) is 0.600. The number of ether oxygens (including phenoxy) is 2. The number of rotatable bonds is 10. The van der Waals surface area contributed by atoms with Crippen molar-refractivity contribution in [1.82, 2.24) is 0 Å². The minimum atomic E-state index is -0.264. The standard InChI is InChI=1S/C15H25NO3/c1-3-4-10-18-14-5-7-15(8-6-14)19-11-9-16-12-13(2)17/h5-8,13,16-17H,3-4,9-12H2,1-2H3/p+1/t13-/m1/s1. The molecular weight excluding hydrogens is 242 g/mol. The van der Waals surface area contributed by atoms with Gasteiger partial charge >= 0.3 is 0 Å². The van der Waals surface area contributed by atoms with E-state index in [-0.39, 0.29) is 6.10 Å². The Morgan fingerprint density at radius 1 is 1.11 bits per heavy atom. The van der Waals surface area contributed by atoms with Crippen LogP contribution in [0.5, 0.6) is 11.5 Å². The number of quaternary nitrogens is 1. The second-order valence-electron chi connectivity index (χ2n) is 4.68. The molecule has 108 valence electrons. The van der Waals surface area contributed by atoms with Gasteiger partial charge in [0, 0.05) is 0 Å². The molecular formula is C15H26NO3+. The summed E-state index contributed by atoms with van der Waals surface area (Å²) in [5.74, 6) is 1.75. The Morgan fingerprint density at radius 3 is 2.21 bits per heavy atom. The van der Waals surface area contributed by atoms with Crippen LogP contribution in [-0.2, 0) is 0 Å². The zero-order valence-electron chi connectivity index (χ0n) is 12.0. The maximum Gasteiger partial charge on any atom is 0.137 e. The predicted molar refractivity (Wildman–Crippen MR) is 75.7 cm³/mol. The van der Waals surface area contributed by atoms with E-state index in [9.17, 15) is 0 Å². The summed E-state index contributed by atoms with van der Waals surface area (Å²) in [6, 6.07) is 7.72. The molecule has 0 fully saturated rings. The first kappa shape index (κ1) is 15.8. The van der Waals surface area contributed by atoms with Crippen LogP contribution < -0.4 is 14.8 Å². The number of hydrogen-bond acceptors (Lipinski definition) is 3. The molecule has 1 rings (SSSR count). The average Bonchev–Trinajstić information content (AvgIpc) is 2.40. The number of nitrogens with two attached hydrogens (primary N) is 1. The van der Waals surface area contributed by atoms with Gasteiger partial charge < -0.3 is 19.9 Å². The molecule has 0 aliphatic carbocycles. The van der Waals surface area contributed by atoms with Gasteiger partial charge in [-0.05, 0) is 37.6 Å². The summed E-state index contributed by atoms with van der Waals surface area (Å²) < 4.78 is 11.2. The summed E-state index contributed by atoms with van der Waals surface area (Å²) in [5.41, 5.74) is 0. The third-order valence-corrected chi connectivity index (χ3v) is 2.69. The molecule has 1 aromatic carbocycles. The first-order valence-corrected chi connectivity index (χ1v) is 7.07. The van der Waals surface area contributed by atoms with Gasteiger partial charge in [-0.25, -0.2) is 0 Å². The topological polar surface area (TPSA) is 55.3 Å². The van der Waals surface area contributed by atoms with E-state index in [4.69, 9.17) is 14.6 Å². The lowest BCUT2D eigenvalue weighted by Crippen LogP contribution is -2.87. The molecule has 0 aliphatic rings. The molecule has 1 atom stereocenters. The molecule has 0 saturated heterocycles. The van der Waals surface area contributed by atoms with Crippen molar-refractivity contribution in [2.75, 3.05) is 26.3 Å². The van der Waals surface area contributed by atoms with E-state index in [0.29, 0.717) is 13.2 Å². The highest BCUT2D eigenvalue weighted by atomic mass is 16.5. The van der Waals surface area contributed by atoms with Crippen LogP contribution in [0.15, 0.2) is 24.3 Å². The highest BCUT2D eigenvalue weighted by Gasteiger charge is 1.99. The van der Waals surface area contributed by atoms with Gasteiger partial charge in [-0.3, -0.25) is 0 Å². The second kappa shape index (κ2) is 9.64. The van der Waals surface area contributed by atoms with Crippen LogP contribution in [0, 0.1) is 0 Å². The molecule has 0 amide bonds. The zero-order valence-corrected chi connectivity index (χ0v) is 12.0. The predicted octanol–water partition coefficient (Wildman–Crippen LogP) is 1.19. The zero-order chi connectivity index (χ0) is 13.9. The number of benzene rings is 1. The number of aliphatic hydroxyl groups is 1. The van der Waals surface area contributed by atoms with Gasteiger partial charge in [0.15, 0.2) is 0 Å². The number of aliphatic hydroxyl groups excluding tert-OH is 1.